The maximum atomic E-state index is 13.3. The minimum absolute atomic E-state index is 0.0191. The molecule has 0 bridgehead atoms. The highest BCUT2D eigenvalue weighted by Gasteiger charge is 2.39. The Morgan fingerprint density at radius 3 is 2.27 bits per heavy atom. The van der Waals surface area contributed by atoms with Crippen LogP contribution in [0, 0.1) is 6.92 Å². The highest BCUT2D eigenvalue weighted by Crippen LogP contribution is 2.35. The van der Waals surface area contributed by atoms with Crippen molar-refractivity contribution in [1.82, 2.24) is 0 Å². The van der Waals surface area contributed by atoms with Gasteiger partial charge in [0.25, 0.3) is 17.7 Å². The highest BCUT2D eigenvalue weighted by molar-refractivity contribution is 6.53. The second kappa shape index (κ2) is 9.98. The lowest BCUT2D eigenvalue weighted by Gasteiger charge is -2.16. The number of benzene rings is 3. The molecule has 0 saturated heterocycles. The third kappa shape index (κ3) is 5.14. The number of nitrogens with zero attached hydrogens (tertiary/aromatic N) is 1. The Hall–Kier alpha value is -4.31. The van der Waals surface area contributed by atoms with Crippen molar-refractivity contribution in [3.63, 3.8) is 0 Å². The molecular weight excluding hydrogens is 511 g/mol. The maximum Gasteiger partial charge on any atom is 0.418 e. The van der Waals surface area contributed by atoms with Gasteiger partial charge in [0.15, 0.2) is 0 Å². The van der Waals surface area contributed by atoms with Gasteiger partial charge in [0, 0.05) is 11.3 Å². The molecule has 1 aliphatic rings. The van der Waals surface area contributed by atoms with E-state index in [9.17, 15) is 27.6 Å². The second-order valence-corrected chi connectivity index (χ2v) is 8.36. The number of aryl methyl sites for hydroxylation is 1. The van der Waals surface area contributed by atoms with Gasteiger partial charge in [-0.2, -0.15) is 13.2 Å². The fourth-order valence-corrected chi connectivity index (χ4v) is 3.86. The number of rotatable bonds is 6. The van der Waals surface area contributed by atoms with E-state index < -0.39 is 35.1 Å². The summed E-state index contributed by atoms with van der Waals surface area (Å²) < 4.78 is 45.0. The molecule has 0 aliphatic carbocycles. The SMILES string of the molecule is COc1ccc(N2C(=O)C(Cl)=C(Nc3cc(C(=O)Nc4ccccc4C(F)(F)F)ccc3C)C2=O)cc1. The summed E-state index contributed by atoms with van der Waals surface area (Å²) in [5.74, 6) is -1.72. The largest absolute Gasteiger partial charge is 0.497 e. The Bertz CT molecular complexity index is 1440. The molecule has 0 spiro atoms. The molecule has 0 unspecified atom stereocenters. The van der Waals surface area contributed by atoms with Gasteiger partial charge in [0.2, 0.25) is 0 Å². The summed E-state index contributed by atoms with van der Waals surface area (Å²) >= 11 is 6.19. The number of anilines is 3. The zero-order valence-corrected chi connectivity index (χ0v) is 20.2. The highest BCUT2D eigenvalue weighted by atomic mass is 35.5. The quantitative estimate of drug-likeness (QED) is 0.399. The van der Waals surface area contributed by atoms with Crippen molar-refractivity contribution in [3.8, 4) is 5.75 Å². The van der Waals surface area contributed by atoms with Gasteiger partial charge >= 0.3 is 6.18 Å². The number of nitrogens with one attached hydrogen (secondary N) is 2. The number of methoxy groups -OCH3 is 1. The number of ether oxygens (including phenoxy) is 1. The Morgan fingerprint density at radius 2 is 1.62 bits per heavy atom. The minimum atomic E-state index is -4.65. The number of amides is 3. The van der Waals surface area contributed by atoms with Crippen molar-refractivity contribution in [2.75, 3.05) is 22.6 Å². The topological polar surface area (TPSA) is 87.7 Å². The van der Waals surface area contributed by atoms with Crippen LogP contribution in [0.3, 0.4) is 0 Å². The molecule has 0 aromatic heterocycles. The normalized spacial score (nSPS) is 13.7. The second-order valence-electron chi connectivity index (χ2n) is 7.98. The molecule has 4 rings (SSSR count). The van der Waals surface area contributed by atoms with E-state index in [0.29, 0.717) is 11.3 Å². The van der Waals surface area contributed by atoms with Gasteiger partial charge in [-0.05, 0) is 61.0 Å². The number of carbonyl (C=O) groups excluding carboxylic acids is 3. The molecule has 7 nitrogen and oxygen atoms in total. The molecule has 0 fully saturated rings. The van der Waals surface area contributed by atoms with Gasteiger partial charge in [0.05, 0.1) is 24.0 Å². The third-order valence-corrected chi connectivity index (χ3v) is 5.95. The molecule has 2 N–H and O–H groups in total. The standard InChI is InChI=1S/C26H19ClF3N3O4/c1-14-7-8-15(23(34)32-19-6-4-3-5-18(19)26(28,29)30)13-20(14)31-22-21(27)24(35)33(25(22)36)16-9-11-17(37-2)12-10-16/h3-13,31H,1-2H3,(H,32,34). The van der Waals surface area contributed by atoms with Crippen LogP contribution in [-0.4, -0.2) is 24.8 Å². The van der Waals surface area contributed by atoms with Crippen molar-refractivity contribution in [2.24, 2.45) is 0 Å². The molecule has 1 heterocycles. The predicted octanol–water partition coefficient (Wildman–Crippen LogP) is 5.71. The van der Waals surface area contributed by atoms with E-state index in [1.807, 2.05) is 0 Å². The molecule has 0 saturated carbocycles. The van der Waals surface area contributed by atoms with Gasteiger partial charge in [-0.3, -0.25) is 14.4 Å². The number of hydrogen-bond acceptors (Lipinski definition) is 5. The van der Waals surface area contributed by atoms with Gasteiger partial charge in [-0.15, -0.1) is 0 Å². The molecule has 11 heteroatoms. The summed E-state index contributed by atoms with van der Waals surface area (Å²) in [4.78, 5) is 39.5. The smallest absolute Gasteiger partial charge is 0.418 e. The average molecular weight is 530 g/mol. The first-order chi connectivity index (χ1) is 17.5. The lowest BCUT2D eigenvalue weighted by atomic mass is 10.1. The zero-order chi connectivity index (χ0) is 26.9. The van der Waals surface area contributed by atoms with Crippen LogP contribution in [0.25, 0.3) is 0 Å². The summed E-state index contributed by atoms with van der Waals surface area (Å²) in [6.07, 6.45) is -4.65. The van der Waals surface area contributed by atoms with Crippen LogP contribution in [0.15, 0.2) is 77.5 Å². The number of hydrogen-bond donors (Lipinski definition) is 2. The molecule has 190 valence electrons. The number of carbonyl (C=O) groups is 3. The van der Waals surface area contributed by atoms with Gasteiger partial charge < -0.3 is 15.4 Å². The monoisotopic (exact) mass is 529 g/mol. The fraction of sp³-hybridized carbons (Fsp3) is 0.115. The fourth-order valence-electron chi connectivity index (χ4n) is 3.64. The molecular formula is C26H19ClF3N3O4. The van der Waals surface area contributed by atoms with Gasteiger partial charge in [-0.25, -0.2) is 4.90 Å². The first-order valence-electron chi connectivity index (χ1n) is 10.8. The van der Waals surface area contributed by atoms with Crippen LogP contribution in [0.1, 0.15) is 21.5 Å². The van der Waals surface area contributed by atoms with E-state index >= 15 is 0 Å². The van der Waals surface area contributed by atoms with Gasteiger partial charge in [-0.1, -0.05) is 29.8 Å². The molecule has 3 aromatic rings. The summed E-state index contributed by atoms with van der Waals surface area (Å²) in [5, 5.41) is 4.73. The Kier molecular flexibility index (Phi) is 6.95. The summed E-state index contributed by atoms with van der Waals surface area (Å²) in [6.45, 7) is 1.68. The van der Waals surface area contributed by atoms with E-state index in [-0.39, 0.29) is 27.7 Å². The van der Waals surface area contributed by atoms with Crippen LogP contribution in [0.5, 0.6) is 5.75 Å². The van der Waals surface area contributed by atoms with E-state index in [2.05, 4.69) is 10.6 Å². The van der Waals surface area contributed by atoms with Crippen molar-refractivity contribution >= 4 is 46.4 Å². The van der Waals surface area contributed by atoms with Crippen LogP contribution >= 0.6 is 11.6 Å². The van der Waals surface area contributed by atoms with Gasteiger partial charge in [0.1, 0.15) is 16.5 Å². The summed E-state index contributed by atoms with van der Waals surface area (Å²) in [6, 6.07) is 15.1. The molecule has 1 aliphatic heterocycles. The number of para-hydroxylation sites is 1. The third-order valence-electron chi connectivity index (χ3n) is 5.60. The first-order valence-corrected chi connectivity index (χ1v) is 11.2. The lowest BCUT2D eigenvalue weighted by molar-refractivity contribution is -0.137. The predicted molar refractivity (Wildman–Crippen MR) is 133 cm³/mol. The molecule has 3 amide bonds. The van der Waals surface area contributed by atoms with Crippen LogP contribution in [-0.2, 0) is 15.8 Å². The van der Waals surface area contributed by atoms with E-state index in [4.69, 9.17) is 16.3 Å². The van der Waals surface area contributed by atoms with E-state index in [1.54, 1.807) is 25.1 Å². The minimum Gasteiger partial charge on any atom is -0.497 e. The maximum absolute atomic E-state index is 13.3. The molecule has 37 heavy (non-hydrogen) atoms. The Morgan fingerprint density at radius 1 is 0.946 bits per heavy atom. The molecule has 3 aromatic carbocycles. The van der Waals surface area contributed by atoms with E-state index in [1.165, 1.54) is 43.5 Å². The molecule has 0 atom stereocenters. The number of halogens is 4. The summed E-state index contributed by atoms with van der Waals surface area (Å²) in [5.41, 5.74) is -0.433. The van der Waals surface area contributed by atoms with Crippen LogP contribution < -0.4 is 20.3 Å². The Labute approximate surface area is 214 Å². The number of imide groups is 1. The van der Waals surface area contributed by atoms with Crippen molar-refractivity contribution in [1.29, 1.82) is 0 Å². The Balaban J connectivity index is 1.58. The van der Waals surface area contributed by atoms with Crippen molar-refractivity contribution in [3.05, 3.63) is 94.1 Å². The van der Waals surface area contributed by atoms with Crippen LogP contribution in [0.4, 0.5) is 30.2 Å². The summed E-state index contributed by atoms with van der Waals surface area (Å²) in [7, 11) is 1.48. The first kappa shape index (κ1) is 25.8. The average Bonchev–Trinajstić information content (AvgIpc) is 3.08. The van der Waals surface area contributed by atoms with Crippen LogP contribution in [0.2, 0.25) is 0 Å². The zero-order valence-electron chi connectivity index (χ0n) is 19.4. The lowest BCUT2D eigenvalue weighted by Crippen LogP contribution is -2.32. The molecule has 0 radical (unpaired) electrons. The number of alkyl halides is 3. The van der Waals surface area contributed by atoms with E-state index in [0.717, 1.165) is 17.0 Å². The van der Waals surface area contributed by atoms with Crippen molar-refractivity contribution < 1.29 is 32.3 Å². The van der Waals surface area contributed by atoms with Crippen molar-refractivity contribution in [2.45, 2.75) is 13.1 Å².